The van der Waals surface area contributed by atoms with Crippen molar-refractivity contribution in [1.82, 2.24) is 0 Å². The second-order valence-corrected chi connectivity index (χ2v) is 5.24. The van der Waals surface area contributed by atoms with E-state index in [0.717, 1.165) is 14.5 Å². The Bertz CT molecular complexity index is 824. The zero-order valence-electron chi connectivity index (χ0n) is 9.89. The van der Waals surface area contributed by atoms with Gasteiger partial charge in [-0.25, -0.2) is 4.79 Å². The van der Waals surface area contributed by atoms with Crippen LogP contribution in [0.4, 0.5) is 5.69 Å². The van der Waals surface area contributed by atoms with Crippen LogP contribution < -0.4 is 11.4 Å². The number of rotatable bonds is 1. The smallest absolute Gasteiger partial charge is 0.344 e. The summed E-state index contributed by atoms with van der Waals surface area (Å²) >= 11 is 2.19. The zero-order chi connectivity index (χ0) is 13.4. The Labute approximate surface area is 123 Å². The highest BCUT2D eigenvalue weighted by molar-refractivity contribution is 14.1. The molecule has 0 bridgehead atoms. The summed E-state index contributed by atoms with van der Waals surface area (Å²) in [6.45, 7) is 0. The Kier molecular flexibility index (Phi) is 3.02. The normalized spacial score (nSPS) is 10.8. The van der Waals surface area contributed by atoms with Gasteiger partial charge in [-0.3, -0.25) is 0 Å². The highest BCUT2D eigenvalue weighted by Gasteiger charge is 2.14. The quantitative estimate of drug-likeness (QED) is 0.531. The molecular formula is C15H10INO2. The third-order valence-electron chi connectivity index (χ3n) is 2.98. The summed E-state index contributed by atoms with van der Waals surface area (Å²) in [4.78, 5) is 12.0. The van der Waals surface area contributed by atoms with E-state index in [1.54, 1.807) is 12.1 Å². The SMILES string of the molecule is Nc1ccccc1-c1oc(=O)c2ccccc2c1I. The summed E-state index contributed by atoms with van der Waals surface area (Å²) in [7, 11) is 0. The molecule has 4 heteroatoms. The maximum Gasteiger partial charge on any atom is 0.344 e. The van der Waals surface area contributed by atoms with Crippen molar-refractivity contribution in [2.75, 3.05) is 5.73 Å². The van der Waals surface area contributed by atoms with Gasteiger partial charge in [0.05, 0.1) is 8.96 Å². The molecule has 2 N–H and O–H groups in total. The van der Waals surface area contributed by atoms with Crippen molar-refractivity contribution in [3.05, 3.63) is 62.5 Å². The number of halogens is 1. The molecule has 0 saturated heterocycles. The number of hydrogen-bond acceptors (Lipinski definition) is 3. The van der Waals surface area contributed by atoms with Crippen molar-refractivity contribution < 1.29 is 4.42 Å². The highest BCUT2D eigenvalue weighted by Crippen LogP contribution is 2.32. The summed E-state index contributed by atoms with van der Waals surface area (Å²) in [6.07, 6.45) is 0. The van der Waals surface area contributed by atoms with Crippen LogP contribution in [-0.2, 0) is 0 Å². The fourth-order valence-electron chi connectivity index (χ4n) is 2.04. The first-order chi connectivity index (χ1) is 9.18. The van der Waals surface area contributed by atoms with Crippen LogP contribution in [0.2, 0.25) is 0 Å². The molecule has 0 radical (unpaired) electrons. The van der Waals surface area contributed by atoms with Gasteiger partial charge in [0, 0.05) is 16.6 Å². The van der Waals surface area contributed by atoms with Crippen molar-refractivity contribution in [2.24, 2.45) is 0 Å². The molecule has 0 aliphatic heterocycles. The van der Waals surface area contributed by atoms with Gasteiger partial charge in [-0.2, -0.15) is 0 Å². The Morgan fingerprint density at radius 2 is 1.58 bits per heavy atom. The van der Waals surface area contributed by atoms with Gasteiger partial charge in [0.25, 0.3) is 0 Å². The van der Waals surface area contributed by atoms with Crippen molar-refractivity contribution in [1.29, 1.82) is 0 Å². The Hall–Kier alpha value is -1.82. The molecule has 0 spiro atoms. The average Bonchev–Trinajstić information content (AvgIpc) is 2.44. The van der Waals surface area contributed by atoms with Gasteiger partial charge in [-0.05, 0) is 40.8 Å². The zero-order valence-corrected chi connectivity index (χ0v) is 12.0. The molecule has 0 saturated carbocycles. The van der Waals surface area contributed by atoms with E-state index in [1.807, 2.05) is 36.4 Å². The first-order valence-corrected chi connectivity index (χ1v) is 6.82. The molecule has 0 aliphatic rings. The molecule has 94 valence electrons. The highest BCUT2D eigenvalue weighted by atomic mass is 127. The minimum atomic E-state index is -0.339. The molecule has 0 amide bonds. The van der Waals surface area contributed by atoms with Gasteiger partial charge in [-0.15, -0.1) is 0 Å². The van der Waals surface area contributed by atoms with Crippen molar-refractivity contribution >= 4 is 39.1 Å². The topological polar surface area (TPSA) is 56.2 Å². The van der Waals surface area contributed by atoms with E-state index in [9.17, 15) is 4.79 Å². The van der Waals surface area contributed by atoms with Crippen LogP contribution in [0.5, 0.6) is 0 Å². The second kappa shape index (κ2) is 4.70. The molecule has 1 aromatic heterocycles. The number of benzene rings is 2. The van der Waals surface area contributed by atoms with Gasteiger partial charge in [0.1, 0.15) is 0 Å². The first kappa shape index (κ1) is 12.2. The van der Waals surface area contributed by atoms with Gasteiger partial charge < -0.3 is 10.2 Å². The lowest BCUT2D eigenvalue weighted by molar-refractivity contribution is 0.532. The predicted octanol–water partition coefficient (Wildman–Crippen LogP) is 3.65. The van der Waals surface area contributed by atoms with E-state index in [2.05, 4.69) is 22.6 Å². The minimum absolute atomic E-state index is 0.339. The van der Waals surface area contributed by atoms with Crippen LogP contribution >= 0.6 is 22.6 Å². The lowest BCUT2D eigenvalue weighted by atomic mass is 10.1. The molecule has 0 unspecified atom stereocenters. The predicted molar refractivity (Wildman–Crippen MR) is 85.0 cm³/mol. The molecular weight excluding hydrogens is 353 g/mol. The van der Waals surface area contributed by atoms with E-state index < -0.39 is 0 Å². The van der Waals surface area contributed by atoms with Crippen LogP contribution in [0.25, 0.3) is 22.1 Å². The summed E-state index contributed by atoms with van der Waals surface area (Å²) in [6, 6.07) is 14.8. The molecule has 0 fully saturated rings. The Morgan fingerprint density at radius 3 is 2.32 bits per heavy atom. The minimum Gasteiger partial charge on any atom is -0.421 e. The molecule has 3 aromatic rings. The molecule has 3 nitrogen and oxygen atoms in total. The summed E-state index contributed by atoms with van der Waals surface area (Å²) in [5.41, 5.74) is 6.95. The van der Waals surface area contributed by atoms with Crippen molar-refractivity contribution in [3.63, 3.8) is 0 Å². The summed E-state index contributed by atoms with van der Waals surface area (Å²) < 4.78 is 6.34. The second-order valence-electron chi connectivity index (χ2n) is 4.17. The maximum atomic E-state index is 12.0. The van der Waals surface area contributed by atoms with Crippen molar-refractivity contribution in [3.8, 4) is 11.3 Å². The van der Waals surface area contributed by atoms with E-state index in [-0.39, 0.29) is 5.63 Å². The van der Waals surface area contributed by atoms with Crippen LogP contribution in [0, 0.1) is 3.57 Å². The van der Waals surface area contributed by atoms with E-state index in [4.69, 9.17) is 10.2 Å². The van der Waals surface area contributed by atoms with E-state index in [0.29, 0.717) is 16.8 Å². The van der Waals surface area contributed by atoms with E-state index >= 15 is 0 Å². The van der Waals surface area contributed by atoms with Gasteiger partial charge in [0.2, 0.25) is 0 Å². The van der Waals surface area contributed by atoms with Crippen LogP contribution in [-0.4, -0.2) is 0 Å². The summed E-state index contributed by atoms with van der Waals surface area (Å²) in [5, 5.41) is 1.47. The van der Waals surface area contributed by atoms with Crippen molar-refractivity contribution in [2.45, 2.75) is 0 Å². The van der Waals surface area contributed by atoms with Crippen LogP contribution in [0.1, 0.15) is 0 Å². The van der Waals surface area contributed by atoms with E-state index in [1.165, 1.54) is 0 Å². The third-order valence-corrected chi connectivity index (χ3v) is 4.05. The monoisotopic (exact) mass is 363 g/mol. The van der Waals surface area contributed by atoms with Crippen LogP contribution in [0.3, 0.4) is 0 Å². The molecule has 19 heavy (non-hydrogen) atoms. The summed E-state index contributed by atoms with van der Waals surface area (Å²) in [5.74, 6) is 0.530. The Morgan fingerprint density at radius 1 is 0.947 bits per heavy atom. The first-order valence-electron chi connectivity index (χ1n) is 5.74. The lowest BCUT2D eigenvalue weighted by Gasteiger charge is -2.08. The largest absolute Gasteiger partial charge is 0.421 e. The number of nitrogens with two attached hydrogens (primary N) is 1. The number of hydrogen-bond donors (Lipinski definition) is 1. The number of fused-ring (bicyclic) bond motifs is 1. The lowest BCUT2D eigenvalue weighted by Crippen LogP contribution is -2.03. The van der Waals surface area contributed by atoms with Gasteiger partial charge in [-0.1, -0.05) is 30.3 Å². The number of anilines is 1. The molecule has 0 atom stereocenters. The number of para-hydroxylation sites is 1. The standard InChI is InChI=1S/C15H10INO2/c16-13-9-5-1-2-6-10(9)15(18)19-14(13)11-7-3-4-8-12(11)17/h1-8H,17H2. The van der Waals surface area contributed by atoms with Gasteiger partial charge in [0.15, 0.2) is 5.76 Å². The fourth-order valence-corrected chi connectivity index (χ4v) is 2.92. The fraction of sp³-hybridized carbons (Fsp3) is 0. The third kappa shape index (κ3) is 2.02. The van der Waals surface area contributed by atoms with Gasteiger partial charge >= 0.3 is 5.63 Å². The average molecular weight is 363 g/mol. The molecule has 2 aromatic carbocycles. The molecule has 0 aliphatic carbocycles. The Balaban J connectivity index is 2.41. The maximum absolute atomic E-state index is 12.0. The molecule has 1 heterocycles. The molecule has 3 rings (SSSR count). The number of nitrogen functional groups attached to an aromatic ring is 1. The van der Waals surface area contributed by atoms with Crippen LogP contribution in [0.15, 0.2) is 57.7 Å².